The Balaban J connectivity index is 1.71. The molecule has 1 saturated heterocycles. The van der Waals surface area contributed by atoms with Gasteiger partial charge < -0.3 is 14.8 Å². The number of likely N-dealkylation sites (tertiary alicyclic amines) is 1. The summed E-state index contributed by atoms with van der Waals surface area (Å²) >= 11 is 0. The monoisotopic (exact) mass is 317 g/mol. The van der Waals surface area contributed by atoms with E-state index in [1.165, 1.54) is 37.8 Å². The molecule has 3 rings (SSSR count). The molecule has 1 N–H and O–H groups in total. The van der Waals surface area contributed by atoms with Crippen LogP contribution in [0.15, 0.2) is 6.07 Å². The summed E-state index contributed by atoms with van der Waals surface area (Å²) in [7, 11) is 2.15. The van der Waals surface area contributed by atoms with Crippen molar-refractivity contribution in [3.63, 3.8) is 0 Å². The van der Waals surface area contributed by atoms with Crippen molar-refractivity contribution in [2.45, 2.75) is 70.9 Å². The normalized spacial score (nSPS) is 21.5. The van der Waals surface area contributed by atoms with E-state index in [1.54, 1.807) is 0 Å². The van der Waals surface area contributed by atoms with E-state index in [4.69, 9.17) is 0 Å². The van der Waals surface area contributed by atoms with Crippen LogP contribution in [0.5, 0.6) is 0 Å². The lowest BCUT2D eigenvalue weighted by atomic mass is 9.95. The Hall–Kier alpha value is -1.29. The van der Waals surface area contributed by atoms with Crippen LogP contribution in [0.25, 0.3) is 0 Å². The molecule has 0 radical (unpaired) electrons. The molecular weight excluding hydrogens is 286 g/mol. The third-order valence-electron chi connectivity index (χ3n) is 5.72. The molecule has 0 spiro atoms. The molecule has 2 aliphatic rings. The van der Waals surface area contributed by atoms with Gasteiger partial charge in [-0.25, -0.2) is 0 Å². The van der Waals surface area contributed by atoms with Crippen LogP contribution in [0.1, 0.15) is 72.7 Å². The molecule has 0 atom stereocenters. The Bertz CT molecular complexity index is 549. The van der Waals surface area contributed by atoms with Crippen LogP contribution in [-0.4, -0.2) is 41.6 Å². The second-order valence-corrected chi connectivity index (χ2v) is 7.50. The van der Waals surface area contributed by atoms with Gasteiger partial charge in [0.05, 0.1) is 5.56 Å². The first-order valence-electron chi connectivity index (χ1n) is 9.24. The smallest absolute Gasteiger partial charge is 0.253 e. The van der Waals surface area contributed by atoms with Crippen molar-refractivity contribution in [1.29, 1.82) is 0 Å². The Kier molecular flexibility index (Phi) is 5.10. The van der Waals surface area contributed by atoms with Crippen LogP contribution in [-0.2, 0) is 0 Å². The first-order valence-corrected chi connectivity index (χ1v) is 9.24. The zero-order valence-corrected chi connectivity index (χ0v) is 14.9. The highest BCUT2D eigenvalue weighted by atomic mass is 16.1. The molecule has 128 valence electrons. The maximum Gasteiger partial charge on any atom is 0.253 e. The van der Waals surface area contributed by atoms with Gasteiger partial charge in [0.2, 0.25) is 0 Å². The van der Waals surface area contributed by atoms with Crippen LogP contribution in [0.3, 0.4) is 0 Å². The summed E-state index contributed by atoms with van der Waals surface area (Å²) < 4.78 is 2.42. The average molecular weight is 317 g/mol. The molecular formula is C19H31N3O. The highest BCUT2D eigenvalue weighted by Gasteiger charge is 2.24. The number of hydrogen-bond donors (Lipinski definition) is 1. The van der Waals surface area contributed by atoms with Crippen LogP contribution in [0.2, 0.25) is 0 Å². The third kappa shape index (κ3) is 3.63. The predicted molar refractivity (Wildman–Crippen MR) is 94.0 cm³/mol. The van der Waals surface area contributed by atoms with Crippen LogP contribution < -0.4 is 5.32 Å². The number of rotatable bonds is 3. The molecule has 1 aromatic rings. The fourth-order valence-corrected chi connectivity index (χ4v) is 4.32. The molecule has 23 heavy (non-hydrogen) atoms. The molecule has 0 aromatic carbocycles. The molecule has 1 amide bonds. The largest absolute Gasteiger partial charge is 0.349 e. The van der Waals surface area contributed by atoms with Crippen molar-refractivity contribution in [2.24, 2.45) is 0 Å². The van der Waals surface area contributed by atoms with Gasteiger partial charge in [0, 0.05) is 23.5 Å². The summed E-state index contributed by atoms with van der Waals surface area (Å²) in [6.45, 7) is 6.41. The second-order valence-electron chi connectivity index (χ2n) is 7.50. The van der Waals surface area contributed by atoms with Gasteiger partial charge in [-0.05, 0) is 65.7 Å². The molecule has 1 aromatic heterocycles. The topological polar surface area (TPSA) is 37.3 Å². The number of aryl methyl sites for hydroxylation is 1. The summed E-state index contributed by atoms with van der Waals surface area (Å²) in [6.07, 6.45) is 8.63. The Morgan fingerprint density at radius 2 is 1.74 bits per heavy atom. The number of nitrogens with one attached hydrogen (secondary N) is 1. The van der Waals surface area contributed by atoms with E-state index in [2.05, 4.69) is 41.7 Å². The molecule has 4 heteroatoms. The number of piperidine rings is 1. The van der Waals surface area contributed by atoms with Gasteiger partial charge in [-0.1, -0.05) is 19.3 Å². The summed E-state index contributed by atoms with van der Waals surface area (Å²) in [5.74, 6) is 0.120. The molecule has 1 saturated carbocycles. The average Bonchev–Trinajstić information content (AvgIpc) is 2.85. The van der Waals surface area contributed by atoms with E-state index in [1.807, 2.05) is 0 Å². The molecule has 2 heterocycles. The summed E-state index contributed by atoms with van der Waals surface area (Å²) in [5.41, 5.74) is 3.27. The highest BCUT2D eigenvalue weighted by Crippen LogP contribution is 2.32. The first-order chi connectivity index (χ1) is 11.1. The standard InChI is InChI=1S/C19H31N3O/c1-14-13-18(15(2)22(14)17-7-5-4-6-8-17)19(23)20-16-9-11-21(3)12-10-16/h13,16-17H,4-12H2,1-3H3,(H,20,23). The van der Waals surface area contributed by atoms with Gasteiger partial charge in [0.15, 0.2) is 0 Å². The van der Waals surface area contributed by atoms with E-state index in [0.717, 1.165) is 37.2 Å². The zero-order chi connectivity index (χ0) is 16.4. The number of carbonyl (C=O) groups excluding carboxylic acids is 1. The van der Waals surface area contributed by atoms with Gasteiger partial charge in [-0.15, -0.1) is 0 Å². The lowest BCUT2D eigenvalue weighted by Crippen LogP contribution is -2.43. The lowest BCUT2D eigenvalue weighted by molar-refractivity contribution is 0.0916. The SMILES string of the molecule is Cc1cc(C(=O)NC2CCN(C)CC2)c(C)n1C1CCCCC1. The molecule has 1 aliphatic carbocycles. The number of hydrogen-bond acceptors (Lipinski definition) is 2. The minimum Gasteiger partial charge on any atom is -0.349 e. The number of aromatic nitrogens is 1. The van der Waals surface area contributed by atoms with Crippen LogP contribution >= 0.6 is 0 Å². The van der Waals surface area contributed by atoms with Gasteiger partial charge in [-0.3, -0.25) is 4.79 Å². The van der Waals surface area contributed by atoms with Crippen molar-refractivity contribution in [3.8, 4) is 0 Å². The number of amides is 1. The fraction of sp³-hybridized carbons (Fsp3) is 0.737. The summed E-state index contributed by atoms with van der Waals surface area (Å²) in [6, 6.07) is 3.01. The van der Waals surface area contributed by atoms with E-state index in [9.17, 15) is 4.79 Å². The number of carbonyl (C=O) groups is 1. The Morgan fingerprint density at radius 3 is 2.39 bits per heavy atom. The van der Waals surface area contributed by atoms with Crippen molar-refractivity contribution in [1.82, 2.24) is 14.8 Å². The summed E-state index contributed by atoms with van der Waals surface area (Å²) in [5, 5.41) is 3.26. The quantitative estimate of drug-likeness (QED) is 0.927. The molecule has 0 unspecified atom stereocenters. The Morgan fingerprint density at radius 1 is 1.09 bits per heavy atom. The fourth-order valence-electron chi connectivity index (χ4n) is 4.32. The number of nitrogens with zero attached hydrogens (tertiary/aromatic N) is 2. The van der Waals surface area contributed by atoms with Crippen molar-refractivity contribution >= 4 is 5.91 Å². The van der Waals surface area contributed by atoms with Gasteiger partial charge in [0.1, 0.15) is 0 Å². The third-order valence-corrected chi connectivity index (χ3v) is 5.72. The van der Waals surface area contributed by atoms with Crippen molar-refractivity contribution in [3.05, 3.63) is 23.0 Å². The zero-order valence-electron chi connectivity index (χ0n) is 14.9. The Labute approximate surface area is 140 Å². The molecule has 2 fully saturated rings. The van der Waals surface area contributed by atoms with Gasteiger partial charge >= 0.3 is 0 Å². The van der Waals surface area contributed by atoms with Crippen molar-refractivity contribution < 1.29 is 4.79 Å². The highest BCUT2D eigenvalue weighted by molar-refractivity contribution is 5.95. The van der Waals surface area contributed by atoms with Crippen LogP contribution in [0.4, 0.5) is 0 Å². The predicted octanol–water partition coefficient (Wildman–Crippen LogP) is 3.43. The van der Waals surface area contributed by atoms with E-state index in [0.29, 0.717) is 12.1 Å². The van der Waals surface area contributed by atoms with Crippen molar-refractivity contribution in [2.75, 3.05) is 20.1 Å². The van der Waals surface area contributed by atoms with E-state index in [-0.39, 0.29) is 5.91 Å². The second kappa shape index (κ2) is 7.08. The molecule has 4 nitrogen and oxygen atoms in total. The van der Waals surface area contributed by atoms with E-state index < -0.39 is 0 Å². The van der Waals surface area contributed by atoms with Gasteiger partial charge in [-0.2, -0.15) is 0 Å². The molecule has 1 aliphatic heterocycles. The first kappa shape index (κ1) is 16.6. The molecule has 0 bridgehead atoms. The van der Waals surface area contributed by atoms with E-state index >= 15 is 0 Å². The lowest BCUT2D eigenvalue weighted by Gasteiger charge is -2.29. The van der Waals surface area contributed by atoms with Gasteiger partial charge in [0.25, 0.3) is 5.91 Å². The maximum absolute atomic E-state index is 12.7. The minimum atomic E-state index is 0.120. The van der Waals surface area contributed by atoms with Crippen LogP contribution in [0, 0.1) is 13.8 Å². The summed E-state index contributed by atoms with van der Waals surface area (Å²) in [4.78, 5) is 15.1. The maximum atomic E-state index is 12.7. The minimum absolute atomic E-state index is 0.120.